The summed E-state index contributed by atoms with van der Waals surface area (Å²) < 4.78 is 13.2. The summed E-state index contributed by atoms with van der Waals surface area (Å²) in [6.45, 7) is 3.76. The first-order chi connectivity index (χ1) is 9.95. The van der Waals surface area contributed by atoms with Gasteiger partial charge in [-0.05, 0) is 43.2 Å². The van der Waals surface area contributed by atoms with Crippen molar-refractivity contribution in [1.82, 2.24) is 10.3 Å². The van der Waals surface area contributed by atoms with Crippen molar-refractivity contribution in [1.29, 1.82) is 0 Å². The summed E-state index contributed by atoms with van der Waals surface area (Å²) in [4.78, 5) is 16.1. The molecular formula is C16H17FN2O2. The number of hydrogen-bond donors (Lipinski definition) is 2. The lowest BCUT2D eigenvalue weighted by molar-refractivity contribution is -0.121. The van der Waals surface area contributed by atoms with E-state index < -0.39 is 11.6 Å². The molecule has 21 heavy (non-hydrogen) atoms. The predicted molar refractivity (Wildman–Crippen MR) is 77.3 cm³/mol. The number of phenolic OH excluding ortho intramolecular Hbond substituents is 1. The van der Waals surface area contributed by atoms with Crippen molar-refractivity contribution in [3.05, 3.63) is 59.2 Å². The van der Waals surface area contributed by atoms with Gasteiger partial charge >= 0.3 is 0 Å². The van der Waals surface area contributed by atoms with Crippen molar-refractivity contribution >= 4 is 5.91 Å². The molecule has 1 amide bonds. The summed E-state index contributed by atoms with van der Waals surface area (Å²) >= 11 is 0. The molecule has 0 aliphatic heterocycles. The molecule has 1 aromatic carbocycles. The first kappa shape index (κ1) is 15.0. The standard InChI is InChI=1S/C16H17FN2O2/c1-10-3-5-13(9-18-10)11(2)19-16(21)8-12-4-6-15(20)14(17)7-12/h3-7,9,11,20H,8H2,1-2H3,(H,19,21)/t11-/m0/s1. The first-order valence-corrected chi connectivity index (χ1v) is 6.65. The molecule has 0 aliphatic rings. The van der Waals surface area contributed by atoms with E-state index in [2.05, 4.69) is 10.3 Å². The molecule has 0 saturated carbocycles. The Morgan fingerprint density at radius 3 is 2.76 bits per heavy atom. The van der Waals surface area contributed by atoms with Gasteiger partial charge in [-0.2, -0.15) is 0 Å². The largest absolute Gasteiger partial charge is 0.505 e. The fourth-order valence-corrected chi connectivity index (χ4v) is 1.96. The van der Waals surface area contributed by atoms with E-state index >= 15 is 0 Å². The van der Waals surface area contributed by atoms with Crippen molar-refractivity contribution in [3.63, 3.8) is 0 Å². The Bertz CT molecular complexity index is 641. The molecule has 0 saturated heterocycles. The lowest BCUT2D eigenvalue weighted by Crippen LogP contribution is -2.28. The third kappa shape index (κ3) is 4.02. The minimum atomic E-state index is -0.726. The molecule has 4 nitrogen and oxygen atoms in total. The van der Waals surface area contributed by atoms with Crippen molar-refractivity contribution in [2.75, 3.05) is 0 Å². The Kier molecular flexibility index (Phi) is 4.52. The highest BCUT2D eigenvalue weighted by molar-refractivity contribution is 5.79. The van der Waals surface area contributed by atoms with Crippen molar-refractivity contribution in [2.45, 2.75) is 26.3 Å². The molecule has 1 heterocycles. The number of nitrogens with one attached hydrogen (secondary N) is 1. The summed E-state index contributed by atoms with van der Waals surface area (Å²) in [6, 6.07) is 7.54. The molecule has 0 fully saturated rings. The van der Waals surface area contributed by atoms with Crippen LogP contribution in [0.5, 0.6) is 5.75 Å². The van der Waals surface area contributed by atoms with E-state index in [-0.39, 0.29) is 18.4 Å². The molecule has 1 aromatic heterocycles. The maximum atomic E-state index is 13.2. The van der Waals surface area contributed by atoms with Crippen LogP contribution in [0.4, 0.5) is 4.39 Å². The fourth-order valence-electron chi connectivity index (χ4n) is 1.96. The number of amides is 1. The second kappa shape index (κ2) is 6.35. The number of aromatic nitrogens is 1. The van der Waals surface area contributed by atoms with Crippen LogP contribution in [0.2, 0.25) is 0 Å². The summed E-state index contributed by atoms with van der Waals surface area (Å²) in [5.74, 6) is -1.36. The van der Waals surface area contributed by atoms with Gasteiger partial charge in [0.05, 0.1) is 12.5 Å². The van der Waals surface area contributed by atoms with Crippen LogP contribution in [0.25, 0.3) is 0 Å². The highest BCUT2D eigenvalue weighted by Gasteiger charge is 2.11. The number of pyridine rings is 1. The zero-order valence-electron chi connectivity index (χ0n) is 11.9. The van der Waals surface area contributed by atoms with Crippen LogP contribution >= 0.6 is 0 Å². The van der Waals surface area contributed by atoms with E-state index in [1.807, 2.05) is 26.0 Å². The third-order valence-corrected chi connectivity index (χ3v) is 3.19. The van der Waals surface area contributed by atoms with Gasteiger partial charge in [-0.15, -0.1) is 0 Å². The minimum Gasteiger partial charge on any atom is -0.505 e. The van der Waals surface area contributed by atoms with Gasteiger partial charge in [0.2, 0.25) is 5.91 Å². The average Bonchev–Trinajstić information content (AvgIpc) is 2.43. The van der Waals surface area contributed by atoms with Gasteiger partial charge in [0.1, 0.15) is 0 Å². The summed E-state index contributed by atoms with van der Waals surface area (Å²) in [5, 5.41) is 11.9. The van der Waals surface area contributed by atoms with Crippen molar-refractivity contribution in [2.24, 2.45) is 0 Å². The Labute approximate surface area is 122 Å². The van der Waals surface area contributed by atoms with Crippen molar-refractivity contribution < 1.29 is 14.3 Å². The van der Waals surface area contributed by atoms with Crippen LogP contribution in [-0.2, 0) is 11.2 Å². The maximum absolute atomic E-state index is 13.2. The van der Waals surface area contributed by atoms with Crippen LogP contribution in [0, 0.1) is 12.7 Å². The fraction of sp³-hybridized carbons (Fsp3) is 0.250. The highest BCUT2D eigenvalue weighted by Crippen LogP contribution is 2.17. The molecule has 5 heteroatoms. The van der Waals surface area contributed by atoms with Crippen LogP contribution in [0.15, 0.2) is 36.5 Å². The molecule has 0 unspecified atom stereocenters. The lowest BCUT2D eigenvalue weighted by Gasteiger charge is -2.14. The maximum Gasteiger partial charge on any atom is 0.224 e. The second-order valence-electron chi connectivity index (χ2n) is 4.98. The highest BCUT2D eigenvalue weighted by atomic mass is 19.1. The normalized spacial score (nSPS) is 12.0. The molecule has 0 radical (unpaired) electrons. The molecule has 2 N–H and O–H groups in total. The molecule has 2 rings (SSSR count). The smallest absolute Gasteiger partial charge is 0.224 e. The Morgan fingerprint density at radius 2 is 2.14 bits per heavy atom. The zero-order valence-corrected chi connectivity index (χ0v) is 11.9. The SMILES string of the molecule is Cc1ccc([C@H](C)NC(=O)Cc2ccc(O)c(F)c2)cn1. The van der Waals surface area contributed by atoms with Gasteiger partial charge in [-0.25, -0.2) is 4.39 Å². The van der Waals surface area contributed by atoms with Gasteiger partial charge < -0.3 is 10.4 Å². The van der Waals surface area contributed by atoms with Crippen LogP contribution in [0.3, 0.4) is 0 Å². The molecule has 2 aromatic rings. The average molecular weight is 288 g/mol. The van der Waals surface area contributed by atoms with Gasteiger partial charge in [0.25, 0.3) is 0 Å². The molecule has 1 atom stereocenters. The van der Waals surface area contributed by atoms with Gasteiger partial charge in [-0.3, -0.25) is 9.78 Å². The first-order valence-electron chi connectivity index (χ1n) is 6.65. The summed E-state index contributed by atoms with van der Waals surface area (Å²) in [7, 11) is 0. The topological polar surface area (TPSA) is 62.2 Å². The number of carbonyl (C=O) groups is 1. The molecule has 0 bridgehead atoms. The van der Waals surface area contributed by atoms with Crippen LogP contribution in [-0.4, -0.2) is 16.0 Å². The van der Waals surface area contributed by atoms with E-state index in [9.17, 15) is 9.18 Å². The van der Waals surface area contributed by atoms with Gasteiger partial charge in [0, 0.05) is 11.9 Å². The summed E-state index contributed by atoms with van der Waals surface area (Å²) in [6.07, 6.45) is 1.78. The van der Waals surface area contributed by atoms with E-state index in [4.69, 9.17) is 5.11 Å². The molecule has 110 valence electrons. The number of phenols is 1. The summed E-state index contributed by atoms with van der Waals surface area (Å²) in [5.41, 5.74) is 2.33. The van der Waals surface area contributed by atoms with E-state index in [1.54, 1.807) is 6.20 Å². The quantitative estimate of drug-likeness (QED) is 0.909. The van der Waals surface area contributed by atoms with Gasteiger partial charge in [-0.1, -0.05) is 12.1 Å². The lowest BCUT2D eigenvalue weighted by atomic mass is 10.1. The number of halogens is 1. The van der Waals surface area contributed by atoms with Crippen molar-refractivity contribution in [3.8, 4) is 5.75 Å². The van der Waals surface area contributed by atoms with E-state index in [1.165, 1.54) is 12.1 Å². The Hall–Kier alpha value is -2.43. The van der Waals surface area contributed by atoms with E-state index in [0.29, 0.717) is 5.56 Å². The second-order valence-corrected chi connectivity index (χ2v) is 4.98. The number of carbonyl (C=O) groups excluding carboxylic acids is 1. The van der Waals surface area contributed by atoms with Crippen LogP contribution < -0.4 is 5.32 Å². The number of aryl methyl sites for hydroxylation is 1. The van der Waals surface area contributed by atoms with E-state index in [0.717, 1.165) is 17.3 Å². The number of rotatable bonds is 4. The Balaban J connectivity index is 1.97. The number of hydrogen-bond acceptors (Lipinski definition) is 3. The number of nitrogens with zero attached hydrogens (tertiary/aromatic N) is 1. The molecular weight excluding hydrogens is 271 g/mol. The number of aromatic hydroxyl groups is 1. The monoisotopic (exact) mass is 288 g/mol. The Morgan fingerprint density at radius 1 is 1.38 bits per heavy atom. The minimum absolute atomic E-state index is 0.0564. The molecule has 0 spiro atoms. The molecule has 0 aliphatic carbocycles. The third-order valence-electron chi connectivity index (χ3n) is 3.19. The predicted octanol–water partition coefficient (Wildman–Crippen LogP) is 2.65. The number of benzene rings is 1. The zero-order chi connectivity index (χ0) is 15.4. The van der Waals surface area contributed by atoms with Gasteiger partial charge in [0.15, 0.2) is 11.6 Å². The van der Waals surface area contributed by atoms with Crippen LogP contribution in [0.1, 0.15) is 29.8 Å².